The van der Waals surface area contributed by atoms with Gasteiger partial charge >= 0.3 is 5.97 Å². The SMILES string of the molecule is CC(C)(O)C(C)(C)O.COC(=O)CNC(=O)c1c(F)cccc1F.[B]c1ccc(C)c(C=C)c1C=C. The van der Waals surface area contributed by atoms with Gasteiger partial charge in [-0.25, -0.2) is 8.78 Å². The molecule has 0 saturated carbocycles. The number of hydrogen-bond acceptors (Lipinski definition) is 5. The number of halogens is 2. The lowest BCUT2D eigenvalue weighted by molar-refractivity contribution is -0.139. The molecular formula is C27H34BF2NO5. The summed E-state index contributed by atoms with van der Waals surface area (Å²) in [5.74, 6) is -3.67. The van der Waals surface area contributed by atoms with Gasteiger partial charge in [0, 0.05) is 0 Å². The van der Waals surface area contributed by atoms with Crippen LogP contribution in [0.25, 0.3) is 12.2 Å². The average Bonchev–Trinajstić information content (AvgIpc) is 2.78. The number of aliphatic hydroxyl groups is 2. The van der Waals surface area contributed by atoms with Gasteiger partial charge < -0.3 is 20.3 Å². The number of rotatable bonds is 6. The molecular weight excluding hydrogens is 467 g/mol. The number of nitrogens with one attached hydrogen (secondary N) is 1. The largest absolute Gasteiger partial charge is 0.468 e. The van der Waals surface area contributed by atoms with Crippen LogP contribution in [0.5, 0.6) is 0 Å². The summed E-state index contributed by atoms with van der Waals surface area (Å²) in [4.78, 5) is 22.0. The van der Waals surface area contributed by atoms with Gasteiger partial charge in [0.2, 0.25) is 0 Å². The lowest BCUT2D eigenvalue weighted by atomic mass is 9.86. The van der Waals surface area contributed by atoms with Crippen molar-refractivity contribution in [2.45, 2.75) is 45.8 Å². The molecule has 0 aliphatic carbocycles. The Morgan fingerprint density at radius 3 is 1.83 bits per heavy atom. The summed E-state index contributed by atoms with van der Waals surface area (Å²) in [6.07, 6.45) is 3.57. The standard InChI is InChI=1S/C11H11B.C10H9F2NO3.C6H14O2/c1-4-9-8(3)6-7-11(12)10(9)5-2;1-16-8(14)5-13-10(15)9-6(11)3-2-4-7(9)12;1-5(2,7)6(3,4)8/h4-7H,1-2H2,3H3;2-4H,5H2,1H3,(H,13,15);7-8H,1-4H3. The fourth-order valence-corrected chi connectivity index (χ4v) is 2.29. The molecule has 2 aromatic rings. The van der Waals surface area contributed by atoms with Gasteiger partial charge in [0.1, 0.15) is 31.6 Å². The van der Waals surface area contributed by atoms with Crippen molar-refractivity contribution >= 4 is 37.3 Å². The molecule has 2 rings (SSSR count). The number of benzene rings is 2. The summed E-state index contributed by atoms with van der Waals surface area (Å²) in [5, 5.41) is 20.2. The predicted molar refractivity (Wildman–Crippen MR) is 140 cm³/mol. The van der Waals surface area contributed by atoms with Crippen molar-refractivity contribution in [1.29, 1.82) is 0 Å². The van der Waals surface area contributed by atoms with Crippen LogP contribution in [0.4, 0.5) is 8.78 Å². The fourth-order valence-electron chi connectivity index (χ4n) is 2.29. The summed E-state index contributed by atoms with van der Waals surface area (Å²) in [6.45, 7) is 15.3. The molecule has 0 fully saturated rings. The number of carbonyl (C=O) groups excluding carboxylic acids is 2. The van der Waals surface area contributed by atoms with Crippen LogP contribution in [0.1, 0.15) is 54.7 Å². The van der Waals surface area contributed by atoms with Gasteiger partial charge in [-0.15, -0.1) is 0 Å². The van der Waals surface area contributed by atoms with Gasteiger partial charge in [-0.1, -0.05) is 49.0 Å². The van der Waals surface area contributed by atoms with Gasteiger partial charge in [-0.05, 0) is 63.4 Å². The van der Waals surface area contributed by atoms with E-state index >= 15 is 0 Å². The van der Waals surface area contributed by atoms with E-state index in [1.165, 1.54) is 5.56 Å². The molecule has 194 valence electrons. The van der Waals surface area contributed by atoms with Crippen LogP contribution in [0.15, 0.2) is 43.5 Å². The average molecular weight is 501 g/mol. The molecule has 0 aromatic heterocycles. The van der Waals surface area contributed by atoms with Crippen LogP contribution in [0.3, 0.4) is 0 Å². The van der Waals surface area contributed by atoms with Gasteiger partial charge in [-0.3, -0.25) is 9.59 Å². The Labute approximate surface area is 213 Å². The normalized spacial score (nSPS) is 10.6. The highest BCUT2D eigenvalue weighted by atomic mass is 19.1. The summed E-state index contributed by atoms with van der Waals surface area (Å²) in [5.41, 5.74) is 1.25. The van der Waals surface area contributed by atoms with E-state index in [0.717, 1.165) is 41.9 Å². The van der Waals surface area contributed by atoms with Crippen LogP contribution in [0.2, 0.25) is 0 Å². The molecule has 36 heavy (non-hydrogen) atoms. The maximum absolute atomic E-state index is 13.1. The highest BCUT2D eigenvalue weighted by molar-refractivity contribution is 6.34. The number of ether oxygens (including phenoxy) is 1. The number of aryl methyl sites for hydroxylation is 1. The molecule has 3 N–H and O–H groups in total. The first-order valence-corrected chi connectivity index (χ1v) is 10.9. The first-order valence-electron chi connectivity index (χ1n) is 10.9. The van der Waals surface area contributed by atoms with Crippen molar-refractivity contribution in [2.75, 3.05) is 13.7 Å². The Morgan fingerprint density at radius 2 is 1.47 bits per heavy atom. The number of carbonyl (C=O) groups is 2. The molecule has 9 heteroatoms. The van der Waals surface area contributed by atoms with E-state index in [1.54, 1.807) is 33.8 Å². The van der Waals surface area contributed by atoms with E-state index in [2.05, 4.69) is 17.9 Å². The molecule has 0 unspecified atom stereocenters. The van der Waals surface area contributed by atoms with Gasteiger partial charge in [-0.2, -0.15) is 0 Å². The van der Waals surface area contributed by atoms with Crippen LogP contribution in [-0.4, -0.2) is 54.8 Å². The Hall–Kier alpha value is -3.30. The maximum Gasteiger partial charge on any atom is 0.325 e. The monoisotopic (exact) mass is 501 g/mol. The Kier molecular flexibility index (Phi) is 13.0. The lowest BCUT2D eigenvalue weighted by Gasteiger charge is -2.31. The van der Waals surface area contributed by atoms with Crippen molar-refractivity contribution in [3.05, 3.63) is 77.4 Å². The molecule has 0 heterocycles. The fraction of sp³-hybridized carbons (Fsp3) is 0.333. The number of amides is 1. The van der Waals surface area contributed by atoms with Crippen molar-refractivity contribution in [3.63, 3.8) is 0 Å². The van der Waals surface area contributed by atoms with E-state index in [9.17, 15) is 18.4 Å². The lowest BCUT2D eigenvalue weighted by Crippen LogP contribution is -2.44. The van der Waals surface area contributed by atoms with Crippen LogP contribution >= 0.6 is 0 Å². The first-order chi connectivity index (χ1) is 16.5. The molecule has 0 aliphatic rings. The second-order valence-electron chi connectivity index (χ2n) is 8.68. The zero-order valence-electron chi connectivity index (χ0n) is 21.6. The third kappa shape index (κ3) is 10.1. The molecule has 0 spiro atoms. The molecule has 0 atom stereocenters. The van der Waals surface area contributed by atoms with Crippen molar-refractivity contribution in [2.24, 2.45) is 0 Å². The summed E-state index contributed by atoms with van der Waals surface area (Å²) in [7, 11) is 6.89. The van der Waals surface area contributed by atoms with E-state index in [-0.39, 0.29) is 0 Å². The van der Waals surface area contributed by atoms with Gasteiger partial charge in [0.15, 0.2) is 0 Å². The number of hydrogen-bond donors (Lipinski definition) is 3. The molecule has 0 aliphatic heterocycles. The predicted octanol–water partition coefficient (Wildman–Crippen LogP) is 3.47. The molecule has 6 nitrogen and oxygen atoms in total. The molecule has 1 amide bonds. The molecule has 0 bridgehead atoms. The van der Waals surface area contributed by atoms with E-state index in [4.69, 9.17) is 18.1 Å². The smallest absolute Gasteiger partial charge is 0.325 e. The van der Waals surface area contributed by atoms with Crippen molar-refractivity contribution < 1.29 is 33.3 Å². The zero-order chi connectivity index (χ0) is 28.3. The minimum absolute atomic E-state index is 0.441. The van der Waals surface area contributed by atoms with Gasteiger partial charge in [0.05, 0.1) is 18.3 Å². The van der Waals surface area contributed by atoms with Gasteiger partial charge in [0.25, 0.3) is 5.91 Å². The second-order valence-corrected chi connectivity index (χ2v) is 8.68. The third-order valence-electron chi connectivity index (χ3n) is 5.26. The quantitative estimate of drug-likeness (QED) is 0.416. The molecule has 2 radical (unpaired) electrons. The first kappa shape index (κ1) is 32.7. The van der Waals surface area contributed by atoms with Crippen LogP contribution < -0.4 is 10.8 Å². The van der Waals surface area contributed by atoms with E-state index < -0.39 is 46.8 Å². The minimum Gasteiger partial charge on any atom is -0.468 e. The Bertz CT molecular complexity index is 1010. The summed E-state index contributed by atoms with van der Waals surface area (Å²) in [6, 6.07) is 6.92. The second kappa shape index (κ2) is 14.3. The molecule has 0 saturated heterocycles. The third-order valence-corrected chi connectivity index (χ3v) is 5.26. The summed E-state index contributed by atoms with van der Waals surface area (Å²) < 4.78 is 30.4. The number of methoxy groups -OCH3 is 1. The number of esters is 1. The van der Waals surface area contributed by atoms with E-state index in [0.29, 0.717) is 0 Å². The zero-order valence-corrected chi connectivity index (χ0v) is 21.6. The van der Waals surface area contributed by atoms with Crippen molar-refractivity contribution in [1.82, 2.24) is 5.32 Å². The minimum atomic E-state index is -1.01. The topological polar surface area (TPSA) is 95.9 Å². The van der Waals surface area contributed by atoms with E-state index in [1.807, 2.05) is 30.4 Å². The summed E-state index contributed by atoms with van der Waals surface area (Å²) >= 11 is 0. The maximum atomic E-state index is 13.1. The highest BCUT2D eigenvalue weighted by Crippen LogP contribution is 2.19. The van der Waals surface area contributed by atoms with Crippen LogP contribution in [0, 0.1) is 18.6 Å². The Balaban J connectivity index is 0.000000542. The molecule has 2 aromatic carbocycles. The highest BCUT2D eigenvalue weighted by Gasteiger charge is 2.31. The van der Waals surface area contributed by atoms with Crippen molar-refractivity contribution in [3.8, 4) is 0 Å². The Morgan fingerprint density at radius 1 is 1.00 bits per heavy atom. The van der Waals surface area contributed by atoms with Crippen LogP contribution in [-0.2, 0) is 9.53 Å².